The Hall–Kier alpha value is -0.600. The summed E-state index contributed by atoms with van der Waals surface area (Å²) in [6.45, 7) is 7.81. The summed E-state index contributed by atoms with van der Waals surface area (Å²) in [7, 11) is -2.95. The molecule has 0 aromatic rings. The van der Waals surface area contributed by atoms with Gasteiger partial charge < -0.3 is 9.63 Å². The molecule has 0 saturated heterocycles. The highest BCUT2D eigenvalue weighted by Gasteiger charge is 2.16. The summed E-state index contributed by atoms with van der Waals surface area (Å²) < 4.78 is 17.2. The molecule has 27 heavy (non-hydrogen) atoms. The zero-order valence-corrected chi connectivity index (χ0v) is 18.7. The second kappa shape index (κ2) is 17.5. The molecular formula is C22H43O4P. The van der Waals surface area contributed by atoms with Gasteiger partial charge in [0.2, 0.25) is 7.37 Å². The van der Waals surface area contributed by atoms with Gasteiger partial charge in [0.25, 0.3) is 0 Å². The Labute approximate surface area is 167 Å². The van der Waals surface area contributed by atoms with Crippen molar-refractivity contribution in [2.45, 2.75) is 104 Å². The van der Waals surface area contributed by atoms with Crippen LogP contribution >= 0.6 is 7.37 Å². The normalized spacial score (nSPS) is 13.3. The van der Waals surface area contributed by atoms with Gasteiger partial charge in [0.15, 0.2) is 0 Å². The van der Waals surface area contributed by atoms with E-state index >= 15 is 0 Å². The highest BCUT2D eigenvalue weighted by atomic mass is 31.2. The first-order valence-electron chi connectivity index (χ1n) is 11.0. The first-order chi connectivity index (χ1) is 12.9. The van der Waals surface area contributed by atoms with Gasteiger partial charge in [-0.2, -0.15) is 0 Å². The van der Waals surface area contributed by atoms with E-state index < -0.39 is 7.37 Å². The van der Waals surface area contributed by atoms with Crippen molar-refractivity contribution >= 4 is 13.3 Å². The fourth-order valence-corrected chi connectivity index (χ4v) is 4.72. The van der Waals surface area contributed by atoms with Crippen molar-refractivity contribution in [1.29, 1.82) is 0 Å². The van der Waals surface area contributed by atoms with Crippen LogP contribution in [0.15, 0.2) is 12.2 Å². The number of esters is 1. The Bertz CT molecular complexity index is 434. The largest absolute Gasteiger partial charge is 0.462 e. The summed E-state index contributed by atoms with van der Waals surface area (Å²) in [5.41, 5.74) is 0.420. The molecule has 0 aliphatic carbocycles. The highest BCUT2D eigenvalue weighted by molar-refractivity contribution is 7.57. The minimum atomic E-state index is -2.95. The third kappa shape index (κ3) is 18.5. The molecule has 0 radical (unpaired) electrons. The average Bonchev–Trinajstić information content (AvgIpc) is 2.62. The number of hydrogen-bond acceptors (Lipinski definition) is 3. The van der Waals surface area contributed by atoms with Gasteiger partial charge in [0.05, 0.1) is 6.61 Å². The van der Waals surface area contributed by atoms with E-state index in [2.05, 4.69) is 13.5 Å². The first-order valence-corrected chi connectivity index (χ1v) is 13.1. The molecule has 0 fully saturated rings. The van der Waals surface area contributed by atoms with Gasteiger partial charge in [-0.05, 0) is 26.2 Å². The lowest BCUT2D eigenvalue weighted by Crippen LogP contribution is -2.06. The van der Waals surface area contributed by atoms with Crippen LogP contribution in [0.4, 0.5) is 0 Å². The summed E-state index contributed by atoms with van der Waals surface area (Å²) in [4.78, 5) is 21.3. The van der Waals surface area contributed by atoms with Gasteiger partial charge in [0, 0.05) is 17.9 Å². The molecule has 5 heteroatoms. The lowest BCUT2D eigenvalue weighted by atomic mass is 10.1. The third-order valence-corrected chi connectivity index (χ3v) is 6.87. The van der Waals surface area contributed by atoms with Gasteiger partial charge in [-0.25, -0.2) is 4.79 Å². The number of carbonyl (C=O) groups is 1. The van der Waals surface area contributed by atoms with Crippen LogP contribution < -0.4 is 0 Å². The minimum absolute atomic E-state index is 0.341. The SMILES string of the molecule is C=C(C)C(=O)OCCCCCCP(=O)(O)CCCCCCCCCCCC. The molecule has 0 heterocycles. The van der Waals surface area contributed by atoms with Crippen LogP contribution in [0.25, 0.3) is 0 Å². The van der Waals surface area contributed by atoms with Crippen LogP contribution in [-0.4, -0.2) is 29.8 Å². The van der Waals surface area contributed by atoms with E-state index in [-0.39, 0.29) is 5.97 Å². The number of ether oxygens (including phenoxy) is 1. The number of rotatable bonds is 19. The predicted molar refractivity (Wildman–Crippen MR) is 116 cm³/mol. The molecule has 1 atom stereocenters. The molecular weight excluding hydrogens is 359 g/mol. The van der Waals surface area contributed by atoms with Gasteiger partial charge >= 0.3 is 5.97 Å². The summed E-state index contributed by atoms with van der Waals surface area (Å²) in [6.07, 6.45) is 16.7. The molecule has 1 N–H and O–H groups in total. The summed E-state index contributed by atoms with van der Waals surface area (Å²) in [5, 5.41) is 0. The maximum absolute atomic E-state index is 12.2. The van der Waals surface area contributed by atoms with E-state index in [9.17, 15) is 14.3 Å². The van der Waals surface area contributed by atoms with E-state index in [1.807, 2.05) is 0 Å². The van der Waals surface area contributed by atoms with Crippen molar-refractivity contribution in [2.75, 3.05) is 18.9 Å². The second-order valence-corrected chi connectivity index (χ2v) is 10.4. The maximum Gasteiger partial charge on any atom is 0.333 e. The van der Waals surface area contributed by atoms with Crippen LogP contribution in [0, 0.1) is 0 Å². The van der Waals surface area contributed by atoms with E-state index in [0.29, 0.717) is 24.5 Å². The number of carbonyl (C=O) groups excluding carboxylic acids is 1. The van der Waals surface area contributed by atoms with Crippen LogP contribution in [0.1, 0.15) is 104 Å². The Morgan fingerprint density at radius 1 is 0.815 bits per heavy atom. The Morgan fingerprint density at radius 3 is 1.67 bits per heavy atom. The molecule has 0 saturated carbocycles. The van der Waals surface area contributed by atoms with Crippen LogP contribution in [0.3, 0.4) is 0 Å². The molecule has 160 valence electrons. The van der Waals surface area contributed by atoms with Crippen LogP contribution in [0.2, 0.25) is 0 Å². The molecule has 0 spiro atoms. The molecule has 0 aromatic carbocycles. The lowest BCUT2D eigenvalue weighted by Gasteiger charge is -2.11. The van der Waals surface area contributed by atoms with Gasteiger partial charge in [-0.1, -0.05) is 84.1 Å². The summed E-state index contributed by atoms with van der Waals surface area (Å²) in [5.74, 6) is -0.341. The van der Waals surface area contributed by atoms with Gasteiger partial charge in [0.1, 0.15) is 0 Å². The van der Waals surface area contributed by atoms with Crippen molar-refractivity contribution in [2.24, 2.45) is 0 Å². The molecule has 0 bridgehead atoms. The lowest BCUT2D eigenvalue weighted by molar-refractivity contribution is -0.139. The quantitative estimate of drug-likeness (QED) is 0.111. The highest BCUT2D eigenvalue weighted by Crippen LogP contribution is 2.42. The van der Waals surface area contributed by atoms with Crippen molar-refractivity contribution in [3.63, 3.8) is 0 Å². The maximum atomic E-state index is 12.2. The second-order valence-electron chi connectivity index (χ2n) is 7.81. The van der Waals surface area contributed by atoms with E-state index in [1.54, 1.807) is 6.92 Å². The molecule has 0 amide bonds. The van der Waals surface area contributed by atoms with Gasteiger partial charge in [-0.3, -0.25) is 4.57 Å². The first kappa shape index (κ1) is 26.4. The molecule has 1 unspecified atom stereocenters. The molecule has 0 aromatic heterocycles. The Balaban J connectivity index is 3.44. The smallest absolute Gasteiger partial charge is 0.333 e. The van der Waals surface area contributed by atoms with E-state index in [1.165, 1.54) is 51.4 Å². The van der Waals surface area contributed by atoms with Crippen LogP contribution in [0.5, 0.6) is 0 Å². The average molecular weight is 403 g/mol. The predicted octanol–water partition coefficient (Wildman–Crippen LogP) is 6.86. The zero-order chi connectivity index (χ0) is 20.4. The van der Waals surface area contributed by atoms with Crippen LogP contribution in [-0.2, 0) is 14.1 Å². The molecule has 0 rings (SSSR count). The molecule has 4 nitrogen and oxygen atoms in total. The van der Waals surface area contributed by atoms with Crippen molar-refractivity contribution in [3.8, 4) is 0 Å². The van der Waals surface area contributed by atoms with Crippen molar-refractivity contribution in [3.05, 3.63) is 12.2 Å². The van der Waals surface area contributed by atoms with Crippen molar-refractivity contribution in [1.82, 2.24) is 0 Å². The van der Waals surface area contributed by atoms with Gasteiger partial charge in [-0.15, -0.1) is 0 Å². The summed E-state index contributed by atoms with van der Waals surface area (Å²) >= 11 is 0. The molecule has 0 aliphatic rings. The Morgan fingerprint density at radius 2 is 1.22 bits per heavy atom. The standard InChI is InChI=1S/C22H43O4P/c1-4-5-6-7-8-9-10-11-13-16-19-27(24,25)20-17-14-12-15-18-26-22(23)21(2)3/h2,4-20H2,1,3H3,(H,24,25). The van der Waals surface area contributed by atoms with E-state index in [0.717, 1.165) is 38.5 Å². The van der Waals surface area contributed by atoms with E-state index in [4.69, 9.17) is 4.74 Å². The summed E-state index contributed by atoms with van der Waals surface area (Å²) in [6, 6.07) is 0. The Kier molecular flexibility index (Phi) is 17.1. The molecule has 0 aliphatic heterocycles. The topological polar surface area (TPSA) is 63.6 Å². The third-order valence-electron chi connectivity index (χ3n) is 4.84. The number of hydrogen-bond donors (Lipinski definition) is 1. The zero-order valence-electron chi connectivity index (χ0n) is 17.8. The minimum Gasteiger partial charge on any atom is -0.462 e. The fourth-order valence-electron chi connectivity index (χ4n) is 3.06. The number of unbranched alkanes of at least 4 members (excludes halogenated alkanes) is 12. The fraction of sp³-hybridized carbons (Fsp3) is 0.864. The van der Waals surface area contributed by atoms with Crippen molar-refractivity contribution < 1.29 is 19.0 Å². The monoisotopic (exact) mass is 402 g/mol.